The summed E-state index contributed by atoms with van der Waals surface area (Å²) in [5.74, 6) is -0.392. The van der Waals surface area contributed by atoms with Crippen LogP contribution in [0.3, 0.4) is 0 Å². The molecule has 118 valence electrons. The van der Waals surface area contributed by atoms with Crippen molar-refractivity contribution in [3.05, 3.63) is 17.1 Å². The second-order valence-corrected chi connectivity index (χ2v) is 6.83. The fourth-order valence-electron chi connectivity index (χ4n) is 2.74. The van der Waals surface area contributed by atoms with Crippen molar-refractivity contribution in [3.63, 3.8) is 0 Å². The Kier molecular flexibility index (Phi) is 4.40. The third kappa shape index (κ3) is 2.58. The maximum absolute atomic E-state index is 12.8. The zero-order chi connectivity index (χ0) is 15.8. The largest absolute Gasteiger partial charge is 0.465 e. The molecule has 1 aromatic rings. The molecule has 0 radical (unpaired) electrons. The highest BCUT2D eigenvalue weighted by atomic mass is 32.2. The molecule has 2 heterocycles. The van der Waals surface area contributed by atoms with Gasteiger partial charge in [0.2, 0.25) is 10.0 Å². The number of esters is 1. The molecule has 0 aliphatic carbocycles. The Morgan fingerprint density at radius 3 is 2.67 bits per heavy atom. The molecule has 0 saturated carbocycles. The summed E-state index contributed by atoms with van der Waals surface area (Å²) in [5, 5.41) is 9.32. The van der Waals surface area contributed by atoms with Crippen molar-refractivity contribution in [2.24, 2.45) is 0 Å². The Bertz CT molecular complexity index is 648. The van der Waals surface area contributed by atoms with Gasteiger partial charge >= 0.3 is 5.97 Å². The van der Waals surface area contributed by atoms with Gasteiger partial charge in [0.05, 0.1) is 13.7 Å². The molecule has 0 amide bonds. The molecule has 2 rings (SSSR count). The number of methoxy groups -OCH3 is 1. The van der Waals surface area contributed by atoms with E-state index in [1.165, 1.54) is 25.3 Å². The number of sulfonamides is 1. The number of nitrogens with zero attached hydrogens (tertiary/aromatic N) is 1. The number of aliphatic hydroxyl groups excluding tert-OH is 1. The molecular weight excluding hydrogens is 298 g/mol. The van der Waals surface area contributed by atoms with Gasteiger partial charge in [0.1, 0.15) is 22.0 Å². The van der Waals surface area contributed by atoms with Gasteiger partial charge in [-0.3, -0.25) is 0 Å². The number of hydrogen-bond donors (Lipinski definition) is 1. The van der Waals surface area contributed by atoms with Crippen LogP contribution >= 0.6 is 0 Å². The molecule has 0 unspecified atom stereocenters. The number of ether oxygens (including phenoxy) is 1. The fourth-order valence-corrected chi connectivity index (χ4v) is 4.80. The van der Waals surface area contributed by atoms with Crippen molar-refractivity contribution in [2.45, 2.75) is 37.6 Å². The van der Waals surface area contributed by atoms with Crippen LogP contribution in [0.15, 0.2) is 9.31 Å². The van der Waals surface area contributed by atoms with E-state index in [0.717, 1.165) is 0 Å². The van der Waals surface area contributed by atoms with Crippen molar-refractivity contribution in [3.8, 4) is 0 Å². The minimum absolute atomic E-state index is 0.0708. The third-order valence-electron chi connectivity index (χ3n) is 3.70. The number of carbonyl (C=O) groups is 1. The van der Waals surface area contributed by atoms with Gasteiger partial charge in [-0.05, 0) is 26.7 Å². The molecule has 0 bridgehead atoms. The molecule has 1 atom stereocenters. The molecule has 1 saturated heterocycles. The highest BCUT2D eigenvalue weighted by Crippen LogP contribution is 2.33. The second kappa shape index (κ2) is 5.78. The van der Waals surface area contributed by atoms with Gasteiger partial charge in [-0.25, -0.2) is 13.2 Å². The Morgan fingerprint density at radius 1 is 1.43 bits per heavy atom. The first-order valence-electron chi connectivity index (χ1n) is 6.65. The monoisotopic (exact) mass is 317 g/mol. The topological polar surface area (TPSA) is 97.0 Å². The summed E-state index contributed by atoms with van der Waals surface area (Å²) in [6.07, 6.45) is 1.27. The van der Waals surface area contributed by atoms with Crippen molar-refractivity contribution in [1.29, 1.82) is 0 Å². The first-order valence-corrected chi connectivity index (χ1v) is 8.09. The van der Waals surface area contributed by atoms with Crippen molar-refractivity contribution < 1.29 is 27.5 Å². The second-order valence-electron chi connectivity index (χ2n) is 5.00. The van der Waals surface area contributed by atoms with Crippen LogP contribution in [-0.4, -0.2) is 50.1 Å². The molecule has 21 heavy (non-hydrogen) atoms. The van der Waals surface area contributed by atoms with Crippen molar-refractivity contribution in [1.82, 2.24) is 4.31 Å². The van der Waals surface area contributed by atoms with E-state index >= 15 is 0 Å². The van der Waals surface area contributed by atoms with E-state index in [4.69, 9.17) is 4.42 Å². The Balaban J connectivity index is 2.57. The van der Waals surface area contributed by atoms with Crippen LogP contribution in [-0.2, 0) is 14.8 Å². The molecule has 1 aliphatic rings. The standard InChI is InChI=1S/C13H19NO6S/c1-8-11(13(16)19-3)12(9(2)20-8)21(17,18)14-6-4-5-10(14)7-15/h10,15H,4-7H2,1-3H3/t10-/m1/s1. The van der Waals surface area contributed by atoms with Crippen LogP contribution in [0.25, 0.3) is 0 Å². The van der Waals surface area contributed by atoms with Crippen LogP contribution < -0.4 is 0 Å². The van der Waals surface area contributed by atoms with Gasteiger partial charge in [0.15, 0.2) is 0 Å². The zero-order valence-electron chi connectivity index (χ0n) is 12.2. The van der Waals surface area contributed by atoms with E-state index in [9.17, 15) is 18.3 Å². The summed E-state index contributed by atoms with van der Waals surface area (Å²) in [7, 11) is -2.73. The van der Waals surface area contributed by atoms with Crippen molar-refractivity contribution >= 4 is 16.0 Å². The predicted molar refractivity (Wildman–Crippen MR) is 73.5 cm³/mol. The van der Waals surface area contributed by atoms with Crippen LogP contribution in [0.4, 0.5) is 0 Å². The SMILES string of the molecule is COC(=O)c1c(C)oc(C)c1S(=O)(=O)N1CCC[C@@H]1CO. The van der Waals surface area contributed by atoms with Gasteiger partial charge < -0.3 is 14.3 Å². The maximum Gasteiger partial charge on any atom is 0.342 e. The van der Waals surface area contributed by atoms with E-state index in [1.807, 2.05) is 0 Å². The van der Waals surface area contributed by atoms with Gasteiger partial charge in [0.25, 0.3) is 0 Å². The molecule has 1 aliphatic heterocycles. The minimum Gasteiger partial charge on any atom is -0.465 e. The highest BCUT2D eigenvalue weighted by molar-refractivity contribution is 7.89. The lowest BCUT2D eigenvalue weighted by Gasteiger charge is -2.22. The molecule has 0 spiro atoms. The van der Waals surface area contributed by atoms with Crippen LogP contribution in [0.5, 0.6) is 0 Å². The van der Waals surface area contributed by atoms with Crippen molar-refractivity contribution in [2.75, 3.05) is 20.3 Å². The molecule has 7 nitrogen and oxygen atoms in total. The zero-order valence-corrected chi connectivity index (χ0v) is 13.1. The van der Waals surface area contributed by atoms with Gasteiger partial charge in [0, 0.05) is 12.6 Å². The number of aliphatic hydroxyl groups is 1. The van der Waals surface area contributed by atoms with Crippen LogP contribution in [0.1, 0.15) is 34.7 Å². The number of hydrogen-bond acceptors (Lipinski definition) is 6. The van der Waals surface area contributed by atoms with Gasteiger partial charge in [-0.2, -0.15) is 4.31 Å². The average Bonchev–Trinajstić information content (AvgIpc) is 3.02. The molecule has 1 N–H and O–H groups in total. The maximum atomic E-state index is 12.8. The number of rotatable bonds is 4. The predicted octanol–water partition coefficient (Wildman–Crippen LogP) is 0.828. The van der Waals surface area contributed by atoms with Gasteiger partial charge in [-0.1, -0.05) is 0 Å². The average molecular weight is 317 g/mol. The van der Waals surface area contributed by atoms with E-state index < -0.39 is 22.0 Å². The van der Waals surface area contributed by atoms with Crippen LogP contribution in [0.2, 0.25) is 0 Å². The number of carbonyl (C=O) groups excluding carboxylic acids is 1. The lowest BCUT2D eigenvalue weighted by atomic mass is 10.2. The Morgan fingerprint density at radius 2 is 2.10 bits per heavy atom. The molecule has 8 heteroatoms. The first kappa shape index (κ1) is 16.0. The number of furan rings is 1. The Hall–Kier alpha value is -1.38. The molecule has 1 aromatic heterocycles. The van der Waals surface area contributed by atoms with Gasteiger partial charge in [-0.15, -0.1) is 0 Å². The van der Waals surface area contributed by atoms with E-state index in [-0.39, 0.29) is 28.6 Å². The van der Waals surface area contributed by atoms with E-state index in [1.54, 1.807) is 0 Å². The first-order chi connectivity index (χ1) is 9.84. The summed E-state index contributed by atoms with van der Waals surface area (Å²) < 4.78 is 36.9. The lowest BCUT2D eigenvalue weighted by Crippen LogP contribution is -2.38. The van der Waals surface area contributed by atoms with E-state index in [0.29, 0.717) is 19.4 Å². The summed E-state index contributed by atoms with van der Waals surface area (Å²) >= 11 is 0. The summed E-state index contributed by atoms with van der Waals surface area (Å²) in [6.45, 7) is 3.09. The molecular formula is C13H19NO6S. The molecule has 1 fully saturated rings. The molecule has 0 aromatic carbocycles. The summed E-state index contributed by atoms with van der Waals surface area (Å²) in [6, 6.07) is -0.463. The van der Waals surface area contributed by atoms with Crippen LogP contribution in [0, 0.1) is 13.8 Å². The smallest absolute Gasteiger partial charge is 0.342 e. The summed E-state index contributed by atoms with van der Waals surface area (Å²) in [5.41, 5.74) is -0.0708. The summed E-state index contributed by atoms with van der Waals surface area (Å²) in [4.78, 5) is 11.7. The van der Waals surface area contributed by atoms with E-state index in [2.05, 4.69) is 4.74 Å². The Labute approximate surface area is 123 Å². The quantitative estimate of drug-likeness (QED) is 0.826. The normalized spacial score (nSPS) is 19.9. The minimum atomic E-state index is -3.92. The fraction of sp³-hybridized carbons (Fsp3) is 0.615. The highest BCUT2D eigenvalue weighted by Gasteiger charge is 2.40. The third-order valence-corrected chi connectivity index (χ3v) is 5.80. The number of aryl methyl sites for hydroxylation is 2. The lowest BCUT2D eigenvalue weighted by molar-refractivity contribution is 0.0594.